The average Bonchev–Trinajstić information content (AvgIpc) is 2.92. The van der Waals surface area contributed by atoms with Gasteiger partial charge in [-0.1, -0.05) is 24.3 Å². The van der Waals surface area contributed by atoms with Crippen molar-refractivity contribution in [2.45, 2.75) is 12.0 Å². The molecule has 1 heterocycles. The van der Waals surface area contributed by atoms with Gasteiger partial charge in [-0.15, -0.1) is 0 Å². The van der Waals surface area contributed by atoms with Crippen LogP contribution in [0, 0.1) is 11.6 Å². The maximum absolute atomic E-state index is 13.3. The number of methoxy groups -OCH3 is 1. The van der Waals surface area contributed by atoms with Crippen LogP contribution in [0.5, 0.6) is 0 Å². The van der Waals surface area contributed by atoms with Gasteiger partial charge in [0.15, 0.2) is 5.54 Å². The molecule has 24 heavy (non-hydrogen) atoms. The lowest BCUT2D eigenvalue weighted by Gasteiger charge is -2.24. The Kier molecular flexibility index (Phi) is 4.40. The molecule has 0 saturated heterocycles. The first-order valence-corrected chi connectivity index (χ1v) is 7.47. The van der Waals surface area contributed by atoms with Crippen LogP contribution in [0.1, 0.15) is 17.5 Å². The van der Waals surface area contributed by atoms with E-state index in [4.69, 9.17) is 4.74 Å². The molecule has 0 unspecified atom stereocenters. The number of ether oxygens (including phenoxy) is 1. The molecule has 0 spiro atoms. The predicted octanol–water partition coefficient (Wildman–Crippen LogP) is 2.77. The Morgan fingerprint density at radius 2 is 1.50 bits per heavy atom. The fourth-order valence-corrected chi connectivity index (χ4v) is 2.76. The molecule has 6 heteroatoms. The third-order valence-electron chi connectivity index (χ3n) is 3.96. The third kappa shape index (κ3) is 2.80. The minimum atomic E-state index is -1.36. The van der Waals surface area contributed by atoms with E-state index in [2.05, 4.69) is 10.3 Å². The molecule has 1 N–H and O–H groups in total. The van der Waals surface area contributed by atoms with Gasteiger partial charge in [0, 0.05) is 13.5 Å². The van der Waals surface area contributed by atoms with Gasteiger partial charge in [-0.25, -0.2) is 13.8 Å². The quantitative estimate of drug-likeness (QED) is 0.916. The van der Waals surface area contributed by atoms with E-state index in [1.807, 2.05) is 0 Å². The van der Waals surface area contributed by atoms with Crippen LogP contribution in [-0.2, 0) is 15.1 Å². The number of nitrogens with one attached hydrogen (secondary N) is 1. The number of nitrogens with zero attached hydrogens (tertiary/aromatic N) is 1. The van der Waals surface area contributed by atoms with Gasteiger partial charge in [0.05, 0.1) is 6.61 Å². The Morgan fingerprint density at radius 1 is 1.00 bits per heavy atom. The number of carbonyl (C=O) groups is 1. The molecule has 0 bridgehead atoms. The highest BCUT2D eigenvalue weighted by molar-refractivity contribution is 6.10. The second-order valence-corrected chi connectivity index (χ2v) is 5.48. The SMILES string of the molecule is COCCC1=NC(c2ccc(F)cc2)(c2ccc(F)cc2)C(=O)N1. The van der Waals surface area contributed by atoms with Crippen LogP contribution in [-0.4, -0.2) is 25.5 Å². The summed E-state index contributed by atoms with van der Waals surface area (Å²) in [6.07, 6.45) is 0.437. The van der Waals surface area contributed by atoms with Crippen molar-refractivity contribution in [2.75, 3.05) is 13.7 Å². The smallest absolute Gasteiger partial charge is 0.262 e. The summed E-state index contributed by atoms with van der Waals surface area (Å²) in [6, 6.07) is 11.2. The second kappa shape index (κ2) is 6.49. The van der Waals surface area contributed by atoms with E-state index in [-0.39, 0.29) is 5.91 Å². The molecular formula is C18H16F2N2O2. The fourth-order valence-electron chi connectivity index (χ4n) is 2.76. The second-order valence-electron chi connectivity index (χ2n) is 5.48. The average molecular weight is 330 g/mol. The number of hydrogen-bond donors (Lipinski definition) is 1. The molecule has 124 valence electrons. The van der Waals surface area contributed by atoms with Gasteiger partial charge >= 0.3 is 0 Å². The van der Waals surface area contributed by atoms with Gasteiger partial charge in [-0.05, 0) is 35.4 Å². The van der Waals surface area contributed by atoms with E-state index in [1.54, 1.807) is 7.11 Å². The zero-order valence-corrected chi connectivity index (χ0v) is 13.1. The molecule has 3 rings (SSSR count). The summed E-state index contributed by atoms with van der Waals surface area (Å²) in [4.78, 5) is 17.4. The Morgan fingerprint density at radius 3 is 1.96 bits per heavy atom. The van der Waals surface area contributed by atoms with E-state index in [1.165, 1.54) is 48.5 Å². The molecule has 0 saturated carbocycles. The van der Waals surface area contributed by atoms with Crippen molar-refractivity contribution in [3.05, 3.63) is 71.3 Å². The normalized spacial score (nSPS) is 16.0. The molecule has 1 amide bonds. The zero-order chi connectivity index (χ0) is 17.2. The zero-order valence-electron chi connectivity index (χ0n) is 13.1. The summed E-state index contributed by atoms with van der Waals surface area (Å²) in [5.74, 6) is -0.688. The van der Waals surface area contributed by atoms with E-state index in [0.29, 0.717) is 30.0 Å². The minimum Gasteiger partial charge on any atom is -0.384 e. The summed E-state index contributed by atoms with van der Waals surface area (Å²) in [7, 11) is 1.56. The van der Waals surface area contributed by atoms with Crippen LogP contribution >= 0.6 is 0 Å². The fraction of sp³-hybridized carbons (Fsp3) is 0.222. The first-order chi connectivity index (χ1) is 11.6. The van der Waals surface area contributed by atoms with Crippen LogP contribution < -0.4 is 5.32 Å². The summed E-state index contributed by atoms with van der Waals surface area (Å²) in [6.45, 7) is 0.405. The van der Waals surface area contributed by atoms with Crippen molar-refractivity contribution < 1.29 is 18.3 Å². The molecule has 2 aromatic rings. The van der Waals surface area contributed by atoms with Gasteiger partial charge in [-0.3, -0.25) is 4.79 Å². The highest BCUT2D eigenvalue weighted by Gasteiger charge is 2.46. The predicted molar refractivity (Wildman–Crippen MR) is 85.7 cm³/mol. The maximum atomic E-state index is 13.3. The Bertz CT molecular complexity index is 725. The third-order valence-corrected chi connectivity index (χ3v) is 3.96. The topological polar surface area (TPSA) is 50.7 Å². The highest BCUT2D eigenvalue weighted by atomic mass is 19.1. The van der Waals surface area contributed by atoms with Crippen LogP contribution in [0.15, 0.2) is 53.5 Å². The van der Waals surface area contributed by atoms with Crippen LogP contribution in [0.4, 0.5) is 8.78 Å². The lowest BCUT2D eigenvalue weighted by molar-refractivity contribution is -0.122. The molecule has 2 aromatic carbocycles. The van der Waals surface area contributed by atoms with Gasteiger partial charge in [0.25, 0.3) is 5.91 Å². The minimum absolute atomic E-state index is 0.355. The molecule has 0 atom stereocenters. The lowest BCUT2D eigenvalue weighted by Crippen LogP contribution is -2.38. The Hall–Kier alpha value is -2.60. The van der Waals surface area contributed by atoms with Gasteiger partial charge in [0.1, 0.15) is 17.5 Å². The number of amidine groups is 1. The first-order valence-electron chi connectivity index (χ1n) is 7.47. The van der Waals surface area contributed by atoms with Crippen molar-refractivity contribution in [3.63, 3.8) is 0 Å². The number of hydrogen-bond acceptors (Lipinski definition) is 3. The number of halogens is 2. The van der Waals surface area contributed by atoms with Crippen molar-refractivity contribution in [1.29, 1.82) is 0 Å². The van der Waals surface area contributed by atoms with E-state index in [9.17, 15) is 13.6 Å². The number of rotatable bonds is 5. The van der Waals surface area contributed by atoms with Crippen molar-refractivity contribution in [2.24, 2.45) is 4.99 Å². The van der Waals surface area contributed by atoms with Gasteiger partial charge in [0.2, 0.25) is 0 Å². The molecule has 1 aliphatic heterocycles. The monoisotopic (exact) mass is 330 g/mol. The number of carbonyl (C=O) groups excluding carboxylic acids is 1. The summed E-state index contributed by atoms with van der Waals surface area (Å²) >= 11 is 0. The van der Waals surface area contributed by atoms with Gasteiger partial charge < -0.3 is 10.1 Å². The van der Waals surface area contributed by atoms with E-state index < -0.39 is 17.2 Å². The van der Waals surface area contributed by atoms with Crippen LogP contribution in [0.2, 0.25) is 0 Å². The van der Waals surface area contributed by atoms with Crippen LogP contribution in [0.3, 0.4) is 0 Å². The Labute approximate surface area is 138 Å². The standard InChI is InChI=1S/C18H16F2N2O2/c1-24-11-10-16-21-17(23)18(22-16,12-2-6-14(19)7-3-12)13-4-8-15(20)9-5-13/h2-9H,10-11H2,1H3,(H,21,22,23). The number of benzene rings is 2. The lowest BCUT2D eigenvalue weighted by atomic mass is 9.83. The van der Waals surface area contributed by atoms with E-state index >= 15 is 0 Å². The van der Waals surface area contributed by atoms with E-state index in [0.717, 1.165) is 0 Å². The van der Waals surface area contributed by atoms with Crippen molar-refractivity contribution in [1.82, 2.24) is 5.32 Å². The van der Waals surface area contributed by atoms with Crippen molar-refractivity contribution in [3.8, 4) is 0 Å². The van der Waals surface area contributed by atoms with Crippen LogP contribution in [0.25, 0.3) is 0 Å². The molecule has 0 aromatic heterocycles. The first kappa shape index (κ1) is 16.3. The maximum Gasteiger partial charge on any atom is 0.262 e. The summed E-state index contributed by atoms with van der Waals surface area (Å²) < 4.78 is 31.6. The molecule has 4 nitrogen and oxygen atoms in total. The molecule has 1 aliphatic rings. The summed E-state index contributed by atoms with van der Waals surface area (Å²) in [5, 5.41) is 2.75. The molecule has 0 fully saturated rings. The highest BCUT2D eigenvalue weighted by Crippen LogP contribution is 2.37. The molecule has 0 radical (unpaired) electrons. The largest absolute Gasteiger partial charge is 0.384 e. The number of amides is 1. The van der Waals surface area contributed by atoms with Gasteiger partial charge in [-0.2, -0.15) is 0 Å². The molecular weight excluding hydrogens is 314 g/mol. The van der Waals surface area contributed by atoms with Crippen molar-refractivity contribution >= 4 is 11.7 Å². The molecule has 0 aliphatic carbocycles. The summed E-state index contributed by atoms with van der Waals surface area (Å²) in [5.41, 5.74) is -0.328. The number of aliphatic imine (C=N–C) groups is 1. The Balaban J connectivity index is 2.14.